The van der Waals surface area contributed by atoms with E-state index in [1.165, 1.54) is 0 Å². The van der Waals surface area contributed by atoms with Crippen LogP contribution in [0.4, 0.5) is 0 Å². The van der Waals surface area contributed by atoms with Crippen molar-refractivity contribution >= 4 is 17.8 Å². The predicted octanol–water partition coefficient (Wildman–Crippen LogP) is -0.0794. The van der Waals surface area contributed by atoms with Crippen LogP contribution < -0.4 is 5.32 Å². The molecule has 0 bridgehead atoms. The molecular formula is C9H15NO5. The third-order valence-corrected chi connectivity index (χ3v) is 1.50. The summed E-state index contributed by atoms with van der Waals surface area (Å²) in [6.07, 6.45) is 0.0322. The van der Waals surface area contributed by atoms with Crippen LogP contribution in [-0.4, -0.2) is 36.1 Å². The number of carbonyl (C=O) groups is 3. The summed E-state index contributed by atoms with van der Waals surface area (Å²) in [6.45, 7) is 2.15. The van der Waals surface area contributed by atoms with Gasteiger partial charge in [0.25, 0.3) is 0 Å². The molecule has 6 nitrogen and oxygen atoms in total. The van der Waals surface area contributed by atoms with Gasteiger partial charge in [-0.1, -0.05) is 0 Å². The van der Waals surface area contributed by atoms with E-state index in [0.29, 0.717) is 6.42 Å². The van der Waals surface area contributed by atoms with E-state index in [2.05, 4.69) is 10.1 Å². The summed E-state index contributed by atoms with van der Waals surface area (Å²) in [5.41, 5.74) is 0. The maximum Gasteiger partial charge on any atom is 0.315 e. The van der Waals surface area contributed by atoms with Gasteiger partial charge in [-0.15, -0.1) is 0 Å². The number of hydrogen-bond acceptors (Lipinski definition) is 4. The van der Waals surface area contributed by atoms with Crippen molar-refractivity contribution in [3.8, 4) is 0 Å². The van der Waals surface area contributed by atoms with E-state index >= 15 is 0 Å². The topological polar surface area (TPSA) is 92.7 Å². The molecule has 0 heterocycles. The van der Waals surface area contributed by atoms with E-state index in [4.69, 9.17) is 5.11 Å². The highest BCUT2D eigenvalue weighted by Crippen LogP contribution is 1.89. The SMILES string of the molecule is CCOC(=O)CC(=O)NCCCC(=O)O. The van der Waals surface area contributed by atoms with Crippen LogP contribution in [0, 0.1) is 0 Å². The molecule has 1 amide bonds. The van der Waals surface area contributed by atoms with E-state index in [9.17, 15) is 14.4 Å². The van der Waals surface area contributed by atoms with Gasteiger partial charge in [-0.3, -0.25) is 14.4 Å². The Morgan fingerprint density at radius 2 is 2.00 bits per heavy atom. The lowest BCUT2D eigenvalue weighted by atomic mass is 10.3. The number of carboxylic acid groups (broad SMARTS) is 1. The predicted molar refractivity (Wildman–Crippen MR) is 51.1 cm³/mol. The molecule has 0 rings (SSSR count). The van der Waals surface area contributed by atoms with Crippen LogP contribution in [0.1, 0.15) is 26.2 Å². The molecule has 0 aliphatic rings. The van der Waals surface area contributed by atoms with Gasteiger partial charge < -0.3 is 15.2 Å². The number of nitrogens with one attached hydrogen (secondary N) is 1. The molecule has 0 aliphatic carbocycles. The number of aliphatic carboxylic acids is 1. The van der Waals surface area contributed by atoms with Gasteiger partial charge in [-0.05, 0) is 13.3 Å². The second kappa shape index (κ2) is 7.78. The van der Waals surface area contributed by atoms with Crippen molar-refractivity contribution in [1.82, 2.24) is 5.32 Å². The zero-order chi connectivity index (χ0) is 11.7. The number of esters is 1. The average Bonchev–Trinajstić information content (AvgIpc) is 2.12. The first-order chi connectivity index (χ1) is 7.06. The van der Waals surface area contributed by atoms with Gasteiger partial charge >= 0.3 is 11.9 Å². The molecule has 6 heteroatoms. The Morgan fingerprint density at radius 1 is 1.33 bits per heavy atom. The first-order valence-electron chi connectivity index (χ1n) is 4.70. The Labute approximate surface area is 87.6 Å². The molecule has 0 saturated heterocycles. The summed E-state index contributed by atoms with van der Waals surface area (Å²) in [7, 11) is 0. The van der Waals surface area contributed by atoms with Gasteiger partial charge in [0.15, 0.2) is 0 Å². The monoisotopic (exact) mass is 217 g/mol. The van der Waals surface area contributed by atoms with E-state index in [1.54, 1.807) is 6.92 Å². The molecule has 0 aliphatic heterocycles. The Morgan fingerprint density at radius 3 is 2.53 bits per heavy atom. The van der Waals surface area contributed by atoms with Gasteiger partial charge in [0.05, 0.1) is 6.61 Å². The maximum atomic E-state index is 11.0. The largest absolute Gasteiger partial charge is 0.481 e. The Kier molecular flexibility index (Phi) is 6.96. The molecule has 0 fully saturated rings. The third kappa shape index (κ3) is 8.73. The summed E-state index contributed by atoms with van der Waals surface area (Å²) in [6, 6.07) is 0. The average molecular weight is 217 g/mol. The molecule has 0 aromatic carbocycles. The molecule has 0 spiro atoms. The Bertz CT molecular complexity index is 239. The van der Waals surface area contributed by atoms with Gasteiger partial charge in [0.2, 0.25) is 5.91 Å². The van der Waals surface area contributed by atoms with E-state index in [0.717, 1.165) is 0 Å². The first kappa shape index (κ1) is 13.4. The third-order valence-electron chi connectivity index (χ3n) is 1.50. The molecule has 15 heavy (non-hydrogen) atoms. The number of ether oxygens (including phenoxy) is 1. The number of amides is 1. The van der Waals surface area contributed by atoms with E-state index in [-0.39, 0.29) is 26.0 Å². The zero-order valence-corrected chi connectivity index (χ0v) is 8.62. The number of carboxylic acids is 1. The van der Waals surface area contributed by atoms with Gasteiger partial charge in [0, 0.05) is 13.0 Å². The lowest BCUT2D eigenvalue weighted by Crippen LogP contribution is -2.27. The van der Waals surface area contributed by atoms with Crippen LogP contribution in [0.25, 0.3) is 0 Å². The highest BCUT2D eigenvalue weighted by molar-refractivity contribution is 5.94. The molecule has 0 radical (unpaired) electrons. The molecule has 86 valence electrons. The van der Waals surface area contributed by atoms with Crippen LogP contribution in [0.5, 0.6) is 0 Å². The minimum atomic E-state index is -0.908. The molecule has 0 unspecified atom stereocenters. The Hall–Kier alpha value is -1.59. The smallest absolute Gasteiger partial charge is 0.315 e. The van der Waals surface area contributed by atoms with Crippen molar-refractivity contribution in [2.45, 2.75) is 26.2 Å². The number of rotatable bonds is 7. The minimum Gasteiger partial charge on any atom is -0.481 e. The fourth-order valence-electron chi connectivity index (χ4n) is 0.873. The quantitative estimate of drug-likeness (QED) is 0.353. The summed E-state index contributed by atoms with van der Waals surface area (Å²) in [4.78, 5) is 32.0. The highest BCUT2D eigenvalue weighted by atomic mass is 16.5. The van der Waals surface area contributed by atoms with Crippen molar-refractivity contribution in [2.75, 3.05) is 13.2 Å². The standard InChI is InChI=1S/C9H15NO5/c1-2-15-9(14)6-7(11)10-5-3-4-8(12)13/h2-6H2,1H3,(H,10,11)(H,12,13). The number of carbonyl (C=O) groups excluding carboxylic acids is 2. The second-order valence-electron chi connectivity index (χ2n) is 2.83. The fourth-order valence-corrected chi connectivity index (χ4v) is 0.873. The summed E-state index contributed by atoms with van der Waals surface area (Å²) in [5, 5.41) is 10.7. The molecule has 0 atom stereocenters. The van der Waals surface area contributed by atoms with E-state index in [1.807, 2.05) is 0 Å². The van der Waals surface area contributed by atoms with Crippen LogP contribution in [0.15, 0.2) is 0 Å². The normalized spacial score (nSPS) is 9.40. The minimum absolute atomic E-state index is 0.000311. The van der Waals surface area contributed by atoms with Crippen LogP contribution >= 0.6 is 0 Å². The van der Waals surface area contributed by atoms with Crippen molar-refractivity contribution in [3.05, 3.63) is 0 Å². The van der Waals surface area contributed by atoms with Crippen molar-refractivity contribution in [2.24, 2.45) is 0 Å². The van der Waals surface area contributed by atoms with Crippen LogP contribution in [0.2, 0.25) is 0 Å². The molecule has 2 N–H and O–H groups in total. The van der Waals surface area contributed by atoms with Crippen molar-refractivity contribution in [3.63, 3.8) is 0 Å². The number of hydrogen-bond donors (Lipinski definition) is 2. The molecule has 0 aromatic heterocycles. The molecule has 0 aromatic rings. The summed E-state index contributed by atoms with van der Waals surface area (Å²) < 4.78 is 4.56. The summed E-state index contributed by atoms with van der Waals surface area (Å²) >= 11 is 0. The molecule has 0 saturated carbocycles. The van der Waals surface area contributed by atoms with E-state index < -0.39 is 17.8 Å². The van der Waals surface area contributed by atoms with Crippen molar-refractivity contribution < 1.29 is 24.2 Å². The Balaban J connectivity index is 3.49. The second-order valence-corrected chi connectivity index (χ2v) is 2.83. The summed E-state index contributed by atoms with van der Waals surface area (Å²) in [5.74, 6) is -1.93. The highest BCUT2D eigenvalue weighted by Gasteiger charge is 2.09. The van der Waals surface area contributed by atoms with Gasteiger partial charge in [0.1, 0.15) is 6.42 Å². The van der Waals surface area contributed by atoms with Crippen molar-refractivity contribution in [1.29, 1.82) is 0 Å². The van der Waals surface area contributed by atoms with Crippen LogP contribution in [0.3, 0.4) is 0 Å². The first-order valence-corrected chi connectivity index (χ1v) is 4.70. The molecular weight excluding hydrogens is 202 g/mol. The lowest BCUT2D eigenvalue weighted by molar-refractivity contribution is -0.146. The van der Waals surface area contributed by atoms with Gasteiger partial charge in [-0.25, -0.2) is 0 Å². The van der Waals surface area contributed by atoms with Gasteiger partial charge in [-0.2, -0.15) is 0 Å². The van der Waals surface area contributed by atoms with Crippen LogP contribution in [-0.2, 0) is 19.1 Å². The zero-order valence-electron chi connectivity index (χ0n) is 8.62. The maximum absolute atomic E-state index is 11.0. The fraction of sp³-hybridized carbons (Fsp3) is 0.667. The lowest BCUT2D eigenvalue weighted by Gasteiger charge is -2.03.